The van der Waals surface area contributed by atoms with Crippen LogP contribution in [0, 0.1) is 0 Å². The normalized spacial score (nSPS) is 12.9. The minimum absolute atomic E-state index is 0.0629. The third-order valence-corrected chi connectivity index (χ3v) is 4.34. The molecule has 3 N–H and O–H groups in total. The zero-order valence-corrected chi connectivity index (χ0v) is 13.5. The van der Waals surface area contributed by atoms with Crippen LogP contribution in [0.1, 0.15) is 27.2 Å². The number of likely N-dealkylation sites (N-methyl/N-ethyl adjacent to an activating group) is 1. The van der Waals surface area contributed by atoms with E-state index in [1.165, 1.54) is 12.1 Å². The Kier molecular flexibility index (Phi) is 6.80. The van der Waals surface area contributed by atoms with Crippen molar-refractivity contribution in [3.63, 3.8) is 0 Å². The van der Waals surface area contributed by atoms with Gasteiger partial charge in [0.05, 0.1) is 4.90 Å². The third-order valence-electron chi connectivity index (χ3n) is 2.90. The molecule has 118 valence electrons. The Labute approximate surface area is 126 Å². The van der Waals surface area contributed by atoms with Crippen LogP contribution in [0.25, 0.3) is 0 Å². The second-order valence-electron chi connectivity index (χ2n) is 4.74. The van der Waals surface area contributed by atoms with Crippen molar-refractivity contribution < 1.29 is 13.2 Å². The topological polar surface area (TPSA) is 87.3 Å². The number of anilines is 1. The molecule has 21 heavy (non-hydrogen) atoms. The molecule has 1 rings (SSSR count). The van der Waals surface area contributed by atoms with Crippen LogP contribution in [0.4, 0.5) is 5.69 Å². The average molecular weight is 313 g/mol. The maximum absolute atomic E-state index is 12.1. The number of nitrogens with one attached hydrogen (secondary N) is 3. The van der Waals surface area contributed by atoms with Crippen molar-refractivity contribution in [1.82, 2.24) is 10.0 Å². The molecular formula is C14H23N3O3S. The zero-order chi connectivity index (χ0) is 15.9. The van der Waals surface area contributed by atoms with E-state index in [4.69, 9.17) is 0 Å². The van der Waals surface area contributed by atoms with Gasteiger partial charge in [0.2, 0.25) is 15.9 Å². The highest BCUT2D eigenvalue weighted by molar-refractivity contribution is 7.89. The standard InChI is InChI=1S/C14H23N3O3S/c1-4-14(18)17-12-6-8-13(9-7-12)21(19,20)16-10-11(3)15-5-2/h6-9,11,15-16H,4-5,10H2,1-3H3,(H,17,18)/t11-/m1/s1. The summed E-state index contributed by atoms with van der Waals surface area (Å²) in [5.41, 5.74) is 0.585. The van der Waals surface area contributed by atoms with Gasteiger partial charge in [0.1, 0.15) is 0 Å². The van der Waals surface area contributed by atoms with Gasteiger partial charge in [0.15, 0.2) is 0 Å². The van der Waals surface area contributed by atoms with Gasteiger partial charge in [-0.05, 0) is 37.7 Å². The van der Waals surface area contributed by atoms with Crippen molar-refractivity contribution in [3.8, 4) is 0 Å². The van der Waals surface area contributed by atoms with Gasteiger partial charge in [0, 0.05) is 24.7 Å². The van der Waals surface area contributed by atoms with Gasteiger partial charge >= 0.3 is 0 Å². The lowest BCUT2D eigenvalue weighted by Gasteiger charge is -2.13. The summed E-state index contributed by atoms with van der Waals surface area (Å²) in [4.78, 5) is 11.4. The molecule has 1 aromatic carbocycles. The Hall–Kier alpha value is -1.44. The summed E-state index contributed by atoms with van der Waals surface area (Å²) in [6.07, 6.45) is 0.379. The summed E-state index contributed by atoms with van der Waals surface area (Å²) in [6, 6.07) is 6.18. The number of benzene rings is 1. The fraction of sp³-hybridized carbons (Fsp3) is 0.500. The summed E-state index contributed by atoms with van der Waals surface area (Å²) >= 11 is 0. The van der Waals surface area contributed by atoms with E-state index in [2.05, 4.69) is 15.4 Å². The maximum atomic E-state index is 12.1. The van der Waals surface area contributed by atoms with Gasteiger partial charge in [0.25, 0.3) is 0 Å². The largest absolute Gasteiger partial charge is 0.326 e. The van der Waals surface area contributed by atoms with Crippen molar-refractivity contribution in [2.45, 2.75) is 38.1 Å². The molecule has 1 amide bonds. The maximum Gasteiger partial charge on any atom is 0.240 e. The van der Waals surface area contributed by atoms with Crippen LogP contribution in [0.15, 0.2) is 29.2 Å². The molecule has 0 radical (unpaired) electrons. The first-order chi connectivity index (χ1) is 9.89. The first-order valence-electron chi connectivity index (χ1n) is 7.02. The van der Waals surface area contributed by atoms with Crippen LogP contribution in [-0.4, -0.2) is 33.5 Å². The Bertz CT molecular complexity index is 555. The summed E-state index contributed by atoms with van der Waals surface area (Å²) in [5.74, 6) is -0.108. The van der Waals surface area contributed by atoms with Crippen molar-refractivity contribution in [2.24, 2.45) is 0 Å². The quantitative estimate of drug-likeness (QED) is 0.675. The van der Waals surface area contributed by atoms with Gasteiger partial charge in [-0.2, -0.15) is 0 Å². The molecule has 0 aliphatic rings. The molecule has 0 saturated carbocycles. The highest BCUT2D eigenvalue weighted by Gasteiger charge is 2.14. The Balaban J connectivity index is 2.69. The summed E-state index contributed by atoms with van der Waals surface area (Å²) in [6.45, 7) is 6.74. The van der Waals surface area contributed by atoms with E-state index in [1.54, 1.807) is 19.1 Å². The van der Waals surface area contributed by atoms with Crippen LogP contribution < -0.4 is 15.4 Å². The smallest absolute Gasteiger partial charge is 0.240 e. The van der Waals surface area contributed by atoms with E-state index >= 15 is 0 Å². The fourth-order valence-electron chi connectivity index (χ4n) is 1.71. The summed E-state index contributed by atoms with van der Waals surface area (Å²) < 4.78 is 26.8. The predicted octanol–water partition coefficient (Wildman–Crippen LogP) is 1.31. The van der Waals surface area contributed by atoms with E-state index < -0.39 is 10.0 Å². The molecule has 0 heterocycles. The van der Waals surface area contributed by atoms with Gasteiger partial charge in [-0.25, -0.2) is 13.1 Å². The average Bonchev–Trinajstić information content (AvgIpc) is 2.46. The lowest BCUT2D eigenvalue weighted by molar-refractivity contribution is -0.115. The number of hydrogen-bond donors (Lipinski definition) is 3. The first-order valence-corrected chi connectivity index (χ1v) is 8.50. The molecule has 0 bridgehead atoms. The number of carbonyl (C=O) groups excluding carboxylic acids is 1. The molecule has 0 unspecified atom stereocenters. The van der Waals surface area contributed by atoms with Gasteiger partial charge in [-0.15, -0.1) is 0 Å². The Morgan fingerprint density at radius 2 is 1.81 bits per heavy atom. The monoisotopic (exact) mass is 313 g/mol. The predicted molar refractivity (Wildman–Crippen MR) is 83.7 cm³/mol. The number of rotatable bonds is 8. The minimum atomic E-state index is -3.53. The molecule has 0 spiro atoms. The van der Waals surface area contributed by atoms with Crippen LogP contribution >= 0.6 is 0 Å². The highest BCUT2D eigenvalue weighted by atomic mass is 32.2. The third kappa shape index (κ3) is 5.82. The van der Waals surface area contributed by atoms with Gasteiger partial charge in [-0.1, -0.05) is 13.8 Å². The van der Waals surface area contributed by atoms with Crippen LogP contribution in [0.2, 0.25) is 0 Å². The number of hydrogen-bond acceptors (Lipinski definition) is 4. The van der Waals surface area contributed by atoms with Gasteiger partial charge < -0.3 is 10.6 Å². The van der Waals surface area contributed by atoms with Crippen molar-refractivity contribution in [1.29, 1.82) is 0 Å². The van der Waals surface area contributed by atoms with E-state index in [9.17, 15) is 13.2 Å². The molecular weight excluding hydrogens is 290 g/mol. The summed E-state index contributed by atoms with van der Waals surface area (Å²) in [5, 5.41) is 5.81. The van der Waals surface area contributed by atoms with E-state index in [1.807, 2.05) is 13.8 Å². The number of sulfonamides is 1. The lowest BCUT2D eigenvalue weighted by atomic mass is 10.3. The molecule has 1 aromatic rings. The zero-order valence-electron chi connectivity index (χ0n) is 12.6. The van der Waals surface area contributed by atoms with E-state index in [0.29, 0.717) is 18.7 Å². The lowest BCUT2D eigenvalue weighted by Crippen LogP contribution is -2.38. The van der Waals surface area contributed by atoms with Crippen molar-refractivity contribution >= 4 is 21.6 Å². The Morgan fingerprint density at radius 3 is 2.33 bits per heavy atom. The van der Waals surface area contributed by atoms with Crippen LogP contribution in [-0.2, 0) is 14.8 Å². The van der Waals surface area contributed by atoms with Gasteiger partial charge in [-0.3, -0.25) is 4.79 Å². The molecule has 0 aliphatic carbocycles. The van der Waals surface area contributed by atoms with Crippen LogP contribution in [0.5, 0.6) is 0 Å². The number of carbonyl (C=O) groups is 1. The van der Waals surface area contributed by atoms with Crippen LogP contribution in [0.3, 0.4) is 0 Å². The fourth-order valence-corrected chi connectivity index (χ4v) is 2.84. The minimum Gasteiger partial charge on any atom is -0.326 e. The molecule has 0 aromatic heterocycles. The van der Waals surface area contributed by atoms with E-state index in [0.717, 1.165) is 6.54 Å². The molecule has 0 fully saturated rings. The molecule has 6 nitrogen and oxygen atoms in total. The number of amides is 1. The molecule has 1 atom stereocenters. The Morgan fingerprint density at radius 1 is 1.19 bits per heavy atom. The van der Waals surface area contributed by atoms with Crippen molar-refractivity contribution in [2.75, 3.05) is 18.4 Å². The second-order valence-corrected chi connectivity index (χ2v) is 6.50. The molecule has 0 aliphatic heterocycles. The first kappa shape index (κ1) is 17.6. The summed E-state index contributed by atoms with van der Waals surface area (Å²) in [7, 11) is -3.53. The SMILES string of the molecule is CCN[C@H](C)CNS(=O)(=O)c1ccc(NC(=O)CC)cc1. The van der Waals surface area contributed by atoms with Crippen molar-refractivity contribution in [3.05, 3.63) is 24.3 Å². The second kappa shape index (κ2) is 8.11. The molecule has 7 heteroatoms. The highest BCUT2D eigenvalue weighted by Crippen LogP contribution is 2.14. The molecule has 0 saturated heterocycles. The van der Waals surface area contributed by atoms with E-state index in [-0.39, 0.29) is 16.8 Å².